The number of carbonyl (C=O) groups is 2. The van der Waals surface area contributed by atoms with Crippen LogP contribution in [0.2, 0.25) is 0 Å². The van der Waals surface area contributed by atoms with Gasteiger partial charge in [0.1, 0.15) is 5.82 Å². The van der Waals surface area contributed by atoms with Gasteiger partial charge in [-0.25, -0.2) is 4.79 Å². The van der Waals surface area contributed by atoms with Crippen LogP contribution in [0, 0.1) is 0 Å². The first-order chi connectivity index (χ1) is 16.6. The molecule has 2 heterocycles. The molecule has 0 aromatic carbocycles. The highest BCUT2D eigenvalue weighted by atomic mass is 19.4. The number of ether oxygens (including phenoxy) is 1. The molecule has 0 atom stereocenters. The van der Waals surface area contributed by atoms with E-state index < -0.39 is 36.0 Å². The molecule has 1 saturated carbocycles. The average Bonchev–Trinajstić information content (AvgIpc) is 3.11. The fourth-order valence-corrected chi connectivity index (χ4v) is 4.26. The second kappa shape index (κ2) is 10.4. The Kier molecular flexibility index (Phi) is 8.10. The molecule has 1 N–H and O–H groups in total. The van der Waals surface area contributed by atoms with E-state index in [9.17, 15) is 35.9 Å². The van der Waals surface area contributed by atoms with Gasteiger partial charge in [0.2, 0.25) is 5.82 Å². The highest BCUT2D eigenvalue weighted by Gasteiger charge is 2.60. The van der Waals surface area contributed by atoms with Gasteiger partial charge >= 0.3 is 18.4 Å². The van der Waals surface area contributed by atoms with Crippen molar-refractivity contribution in [2.45, 2.75) is 89.1 Å². The molecule has 1 aromatic rings. The van der Waals surface area contributed by atoms with Crippen molar-refractivity contribution in [3.05, 3.63) is 11.6 Å². The van der Waals surface area contributed by atoms with Crippen molar-refractivity contribution in [2.24, 2.45) is 0 Å². The first-order valence-electron chi connectivity index (χ1n) is 11.7. The standard InChI is InChI=1S/C21H30F6N6O3/c1-4-33-14(12-31(3)13-6-5-7-13)29-30-15(33)16(34)28-19(2)8-10-32(11-9-19)18(35)36-17(20(22,23)24)21(25,26)27/h13,17H,4-12H2,1-3H3,(H,28,34). The maximum Gasteiger partial charge on any atom is 0.434 e. The van der Waals surface area contributed by atoms with Crippen LogP contribution in [0.4, 0.5) is 31.1 Å². The molecular weight excluding hydrogens is 498 g/mol. The van der Waals surface area contributed by atoms with Crippen molar-refractivity contribution in [3.63, 3.8) is 0 Å². The van der Waals surface area contributed by atoms with E-state index in [0.717, 1.165) is 17.7 Å². The summed E-state index contributed by atoms with van der Waals surface area (Å²) in [5.74, 6) is 0.244. The summed E-state index contributed by atoms with van der Waals surface area (Å²) in [4.78, 5) is 27.9. The maximum atomic E-state index is 13.0. The molecule has 36 heavy (non-hydrogen) atoms. The molecule has 9 nitrogen and oxygen atoms in total. The van der Waals surface area contributed by atoms with E-state index in [0.29, 0.717) is 25.0 Å². The lowest BCUT2D eigenvalue weighted by Gasteiger charge is -2.39. The van der Waals surface area contributed by atoms with Crippen molar-refractivity contribution in [3.8, 4) is 0 Å². The molecule has 2 aliphatic rings. The average molecular weight is 528 g/mol. The molecule has 1 saturated heterocycles. The third kappa shape index (κ3) is 6.40. The number of nitrogens with zero attached hydrogens (tertiary/aromatic N) is 5. The Hall–Kier alpha value is -2.58. The predicted octanol–water partition coefficient (Wildman–Crippen LogP) is 3.50. The summed E-state index contributed by atoms with van der Waals surface area (Å²) in [5, 5.41) is 11.0. The van der Waals surface area contributed by atoms with Crippen LogP contribution in [0.3, 0.4) is 0 Å². The molecule has 204 valence electrons. The van der Waals surface area contributed by atoms with Crippen LogP contribution < -0.4 is 5.32 Å². The highest BCUT2D eigenvalue weighted by molar-refractivity contribution is 5.91. The van der Waals surface area contributed by atoms with Crippen molar-refractivity contribution in [2.75, 3.05) is 20.1 Å². The summed E-state index contributed by atoms with van der Waals surface area (Å²) < 4.78 is 81.6. The summed E-state index contributed by atoms with van der Waals surface area (Å²) in [6.07, 6.45) is -13.9. The Morgan fingerprint density at radius 3 is 2.19 bits per heavy atom. The smallest absolute Gasteiger partial charge is 0.426 e. The summed E-state index contributed by atoms with van der Waals surface area (Å²) in [6.45, 7) is 4.13. The molecule has 0 spiro atoms. The van der Waals surface area contributed by atoms with Crippen molar-refractivity contribution in [1.82, 2.24) is 29.9 Å². The van der Waals surface area contributed by atoms with Crippen LogP contribution in [-0.4, -0.2) is 86.7 Å². The minimum atomic E-state index is -5.78. The monoisotopic (exact) mass is 528 g/mol. The molecule has 0 radical (unpaired) electrons. The van der Waals surface area contributed by atoms with E-state index in [1.54, 1.807) is 11.5 Å². The molecule has 0 bridgehead atoms. The normalized spacial score (nSPS) is 18.9. The molecular formula is C21H30F6N6O3. The zero-order valence-corrected chi connectivity index (χ0v) is 20.2. The number of likely N-dealkylation sites (tertiary alicyclic amines) is 1. The number of amides is 2. The Bertz CT molecular complexity index is 924. The summed E-state index contributed by atoms with van der Waals surface area (Å²) in [5.41, 5.74) is -0.866. The fourth-order valence-electron chi connectivity index (χ4n) is 4.26. The number of hydrogen-bond donors (Lipinski definition) is 1. The van der Waals surface area contributed by atoms with E-state index >= 15 is 0 Å². The number of carbonyl (C=O) groups excluding carboxylic acids is 2. The predicted molar refractivity (Wildman–Crippen MR) is 114 cm³/mol. The zero-order valence-electron chi connectivity index (χ0n) is 20.2. The van der Waals surface area contributed by atoms with Gasteiger partial charge < -0.3 is 19.5 Å². The third-order valence-corrected chi connectivity index (χ3v) is 6.79. The lowest BCUT2D eigenvalue weighted by atomic mass is 9.89. The first-order valence-corrected chi connectivity index (χ1v) is 11.7. The summed E-state index contributed by atoms with van der Waals surface area (Å²) in [7, 11) is 1.99. The molecule has 15 heteroatoms. The number of rotatable bonds is 7. The highest BCUT2D eigenvalue weighted by Crippen LogP contribution is 2.36. The summed E-state index contributed by atoms with van der Waals surface area (Å²) in [6, 6.07) is 0.475. The molecule has 2 amide bonds. The van der Waals surface area contributed by atoms with E-state index in [2.05, 4.69) is 25.2 Å². The summed E-state index contributed by atoms with van der Waals surface area (Å²) >= 11 is 0. The number of aromatic nitrogens is 3. The number of nitrogens with one attached hydrogen (secondary N) is 1. The second-order valence-electron chi connectivity index (χ2n) is 9.53. The van der Waals surface area contributed by atoms with Gasteiger partial charge in [0, 0.05) is 31.2 Å². The van der Waals surface area contributed by atoms with Gasteiger partial charge in [-0.2, -0.15) is 26.3 Å². The fraction of sp³-hybridized carbons (Fsp3) is 0.810. The lowest BCUT2D eigenvalue weighted by Crippen LogP contribution is -2.56. The van der Waals surface area contributed by atoms with Gasteiger partial charge in [-0.05, 0) is 46.6 Å². The van der Waals surface area contributed by atoms with Crippen LogP contribution in [0.15, 0.2) is 0 Å². The number of alkyl halides is 6. The minimum Gasteiger partial charge on any atom is -0.426 e. The number of hydrogen-bond acceptors (Lipinski definition) is 6. The van der Waals surface area contributed by atoms with Gasteiger partial charge in [0.15, 0.2) is 0 Å². The van der Waals surface area contributed by atoms with Crippen molar-refractivity contribution in [1.29, 1.82) is 0 Å². The Balaban J connectivity index is 1.59. The van der Waals surface area contributed by atoms with Gasteiger partial charge in [0.25, 0.3) is 12.0 Å². The molecule has 0 unspecified atom stereocenters. The van der Waals surface area contributed by atoms with Crippen LogP contribution in [-0.2, 0) is 17.8 Å². The van der Waals surface area contributed by atoms with Gasteiger partial charge in [-0.15, -0.1) is 10.2 Å². The lowest BCUT2D eigenvalue weighted by molar-refractivity contribution is -0.308. The minimum absolute atomic E-state index is 0.0913. The van der Waals surface area contributed by atoms with Crippen molar-refractivity contribution < 1.29 is 40.7 Å². The quantitative estimate of drug-likeness (QED) is 0.545. The Morgan fingerprint density at radius 1 is 1.14 bits per heavy atom. The molecule has 1 aromatic heterocycles. The van der Waals surface area contributed by atoms with Gasteiger partial charge in [-0.1, -0.05) is 6.42 Å². The van der Waals surface area contributed by atoms with E-state index in [-0.39, 0.29) is 31.8 Å². The molecule has 1 aliphatic carbocycles. The molecule has 1 aliphatic heterocycles. The SMILES string of the molecule is CCn1c(CN(C)C2CCC2)nnc1C(=O)NC1(C)CCN(C(=O)OC(C(F)(F)F)C(F)(F)F)CC1. The van der Waals surface area contributed by atoms with E-state index in [1.807, 2.05) is 14.0 Å². The first kappa shape index (κ1) is 28.0. The topological polar surface area (TPSA) is 92.6 Å². The van der Waals surface area contributed by atoms with Gasteiger partial charge in [-0.3, -0.25) is 9.69 Å². The number of piperidine rings is 1. The molecule has 2 fully saturated rings. The molecule has 3 rings (SSSR count). The van der Waals surface area contributed by atoms with Crippen LogP contribution >= 0.6 is 0 Å². The van der Waals surface area contributed by atoms with Crippen molar-refractivity contribution >= 4 is 12.0 Å². The van der Waals surface area contributed by atoms with Crippen LogP contribution in [0.1, 0.15) is 62.4 Å². The Labute approximate surface area is 204 Å². The van der Waals surface area contributed by atoms with E-state index in [1.165, 1.54) is 6.42 Å². The number of halogens is 6. The Morgan fingerprint density at radius 2 is 1.72 bits per heavy atom. The third-order valence-electron chi connectivity index (χ3n) is 6.79. The maximum absolute atomic E-state index is 13.0. The van der Waals surface area contributed by atoms with Gasteiger partial charge in [0.05, 0.1) is 6.54 Å². The second-order valence-corrected chi connectivity index (χ2v) is 9.53. The van der Waals surface area contributed by atoms with Crippen LogP contribution in [0.25, 0.3) is 0 Å². The van der Waals surface area contributed by atoms with Crippen LogP contribution in [0.5, 0.6) is 0 Å². The van der Waals surface area contributed by atoms with E-state index in [4.69, 9.17) is 0 Å². The zero-order chi connectivity index (χ0) is 26.9. The largest absolute Gasteiger partial charge is 0.434 e.